The van der Waals surface area contributed by atoms with Crippen molar-refractivity contribution in [1.82, 2.24) is 20.5 Å². The molecule has 3 aromatic rings. The molecule has 0 fully saturated rings. The predicted molar refractivity (Wildman–Crippen MR) is 90.9 cm³/mol. The second kappa shape index (κ2) is 5.89. The van der Waals surface area contributed by atoms with Crippen LogP contribution in [0.4, 0.5) is 0 Å². The molecule has 1 aromatic carbocycles. The zero-order valence-electron chi connectivity index (χ0n) is 13.4. The van der Waals surface area contributed by atoms with Gasteiger partial charge in [-0.15, -0.1) is 0 Å². The summed E-state index contributed by atoms with van der Waals surface area (Å²) in [5, 5.41) is 11.4. The standard InChI is InChI=1S/C18H22N4/c1-4-18(2,12-19-3)14-7-5-6-13(10-14)15-8-9-20-17-16(15)11-21-22-17/h5-11,19H,4,12H2,1-3H3,(H,20,21,22). The SMILES string of the molecule is CCC(C)(CNC)c1cccc(-c2ccnc3[nH]ncc23)c1. The van der Waals surface area contributed by atoms with E-state index in [2.05, 4.69) is 64.7 Å². The lowest BCUT2D eigenvalue weighted by Gasteiger charge is -2.29. The van der Waals surface area contributed by atoms with E-state index in [-0.39, 0.29) is 5.41 Å². The third-order valence-electron chi connectivity index (χ3n) is 4.57. The zero-order valence-corrected chi connectivity index (χ0v) is 13.4. The minimum Gasteiger partial charge on any atom is -0.319 e. The molecule has 0 saturated carbocycles. The Kier molecular flexibility index (Phi) is 3.94. The number of hydrogen-bond acceptors (Lipinski definition) is 3. The van der Waals surface area contributed by atoms with Gasteiger partial charge in [0.2, 0.25) is 0 Å². The number of hydrogen-bond donors (Lipinski definition) is 2. The Balaban J connectivity index is 2.10. The highest BCUT2D eigenvalue weighted by molar-refractivity contribution is 5.92. The number of H-pyrrole nitrogens is 1. The minimum atomic E-state index is 0.132. The zero-order chi connectivity index (χ0) is 15.6. The van der Waals surface area contributed by atoms with Crippen LogP contribution in [0.3, 0.4) is 0 Å². The maximum Gasteiger partial charge on any atom is 0.155 e. The number of rotatable bonds is 5. The second-order valence-electron chi connectivity index (χ2n) is 6.02. The van der Waals surface area contributed by atoms with Gasteiger partial charge in [0, 0.05) is 23.5 Å². The van der Waals surface area contributed by atoms with Crippen LogP contribution in [0.2, 0.25) is 0 Å². The summed E-state index contributed by atoms with van der Waals surface area (Å²) < 4.78 is 0. The molecule has 0 radical (unpaired) electrons. The Morgan fingerprint density at radius 1 is 1.27 bits per heavy atom. The number of nitrogens with one attached hydrogen (secondary N) is 2. The Hall–Kier alpha value is -2.20. The average molecular weight is 294 g/mol. The quantitative estimate of drug-likeness (QED) is 0.757. The Labute approximate surface area is 131 Å². The van der Waals surface area contributed by atoms with Crippen molar-refractivity contribution in [2.45, 2.75) is 25.7 Å². The van der Waals surface area contributed by atoms with Gasteiger partial charge in [0.25, 0.3) is 0 Å². The molecule has 114 valence electrons. The van der Waals surface area contributed by atoms with Gasteiger partial charge in [-0.2, -0.15) is 5.10 Å². The van der Waals surface area contributed by atoms with Crippen molar-refractivity contribution < 1.29 is 0 Å². The highest BCUT2D eigenvalue weighted by Gasteiger charge is 2.24. The normalized spacial score (nSPS) is 14.1. The molecule has 0 amide bonds. The first-order valence-electron chi connectivity index (χ1n) is 7.71. The topological polar surface area (TPSA) is 53.6 Å². The summed E-state index contributed by atoms with van der Waals surface area (Å²) in [6.07, 6.45) is 4.76. The smallest absolute Gasteiger partial charge is 0.155 e. The van der Waals surface area contributed by atoms with Crippen LogP contribution in [-0.2, 0) is 5.41 Å². The van der Waals surface area contributed by atoms with Crippen molar-refractivity contribution >= 4 is 11.0 Å². The van der Waals surface area contributed by atoms with Gasteiger partial charge in [0.05, 0.1) is 6.20 Å². The number of nitrogens with zero attached hydrogens (tertiary/aromatic N) is 2. The molecule has 0 bridgehead atoms. The molecule has 3 rings (SSSR count). The monoisotopic (exact) mass is 294 g/mol. The number of likely N-dealkylation sites (N-methyl/N-ethyl adjacent to an activating group) is 1. The maximum absolute atomic E-state index is 4.32. The van der Waals surface area contributed by atoms with E-state index < -0.39 is 0 Å². The van der Waals surface area contributed by atoms with Gasteiger partial charge in [-0.25, -0.2) is 4.98 Å². The van der Waals surface area contributed by atoms with Crippen LogP contribution >= 0.6 is 0 Å². The van der Waals surface area contributed by atoms with Gasteiger partial charge >= 0.3 is 0 Å². The van der Waals surface area contributed by atoms with Crippen LogP contribution < -0.4 is 5.32 Å². The molecule has 2 aromatic heterocycles. The number of aromatic amines is 1. The molecule has 0 spiro atoms. The van der Waals surface area contributed by atoms with Crippen molar-refractivity contribution in [2.24, 2.45) is 0 Å². The second-order valence-corrected chi connectivity index (χ2v) is 6.02. The van der Waals surface area contributed by atoms with Crippen LogP contribution in [0.15, 0.2) is 42.7 Å². The summed E-state index contributed by atoms with van der Waals surface area (Å²) in [6.45, 7) is 5.51. The molecular weight excluding hydrogens is 272 g/mol. The van der Waals surface area contributed by atoms with E-state index in [0.29, 0.717) is 0 Å². The molecule has 2 N–H and O–H groups in total. The highest BCUT2D eigenvalue weighted by atomic mass is 15.1. The predicted octanol–water partition coefficient (Wildman–Crippen LogP) is 3.51. The van der Waals surface area contributed by atoms with Crippen LogP contribution in [0.25, 0.3) is 22.2 Å². The van der Waals surface area contributed by atoms with Crippen LogP contribution in [0.5, 0.6) is 0 Å². The van der Waals surface area contributed by atoms with E-state index in [9.17, 15) is 0 Å². The summed E-state index contributed by atoms with van der Waals surface area (Å²) in [7, 11) is 2.01. The molecule has 1 atom stereocenters. The summed E-state index contributed by atoms with van der Waals surface area (Å²) in [5.74, 6) is 0. The first kappa shape index (κ1) is 14.7. The van der Waals surface area contributed by atoms with Crippen molar-refractivity contribution in [1.29, 1.82) is 0 Å². The van der Waals surface area contributed by atoms with Crippen molar-refractivity contribution in [3.05, 3.63) is 48.3 Å². The summed E-state index contributed by atoms with van der Waals surface area (Å²) in [5.41, 5.74) is 4.70. The van der Waals surface area contributed by atoms with Crippen molar-refractivity contribution in [3.8, 4) is 11.1 Å². The van der Waals surface area contributed by atoms with Crippen LogP contribution in [-0.4, -0.2) is 28.8 Å². The lowest BCUT2D eigenvalue weighted by molar-refractivity contribution is 0.434. The first-order chi connectivity index (χ1) is 10.7. The summed E-state index contributed by atoms with van der Waals surface area (Å²) >= 11 is 0. The van der Waals surface area contributed by atoms with E-state index >= 15 is 0 Å². The van der Waals surface area contributed by atoms with Crippen LogP contribution in [0.1, 0.15) is 25.8 Å². The van der Waals surface area contributed by atoms with Crippen LogP contribution in [0, 0.1) is 0 Å². The Morgan fingerprint density at radius 3 is 2.91 bits per heavy atom. The number of benzene rings is 1. The van der Waals surface area contributed by atoms with E-state index in [1.165, 1.54) is 16.7 Å². The van der Waals surface area contributed by atoms with E-state index in [1.807, 2.05) is 19.4 Å². The molecule has 4 heteroatoms. The van der Waals surface area contributed by atoms with Crippen molar-refractivity contribution in [2.75, 3.05) is 13.6 Å². The Bertz CT molecular complexity index is 777. The van der Waals surface area contributed by atoms with Gasteiger partial charge in [-0.1, -0.05) is 38.1 Å². The third kappa shape index (κ3) is 2.50. The molecule has 0 aliphatic rings. The molecule has 4 nitrogen and oxygen atoms in total. The van der Waals surface area contributed by atoms with Gasteiger partial charge in [-0.05, 0) is 36.2 Å². The summed E-state index contributed by atoms with van der Waals surface area (Å²) in [4.78, 5) is 4.32. The molecule has 1 unspecified atom stereocenters. The largest absolute Gasteiger partial charge is 0.319 e. The van der Waals surface area contributed by atoms with E-state index in [4.69, 9.17) is 0 Å². The van der Waals surface area contributed by atoms with Gasteiger partial charge in [-0.3, -0.25) is 5.10 Å². The third-order valence-corrected chi connectivity index (χ3v) is 4.57. The molecule has 0 aliphatic carbocycles. The van der Waals surface area contributed by atoms with Gasteiger partial charge < -0.3 is 5.32 Å². The lowest BCUT2D eigenvalue weighted by atomic mass is 9.79. The average Bonchev–Trinajstić information content (AvgIpc) is 3.03. The molecule has 2 heterocycles. The number of aromatic nitrogens is 3. The number of pyridine rings is 1. The summed E-state index contributed by atoms with van der Waals surface area (Å²) in [6, 6.07) is 10.9. The first-order valence-corrected chi connectivity index (χ1v) is 7.71. The molecular formula is C18H22N4. The van der Waals surface area contributed by atoms with Gasteiger partial charge in [0.15, 0.2) is 5.65 Å². The Morgan fingerprint density at radius 2 is 2.14 bits per heavy atom. The van der Waals surface area contributed by atoms with E-state index in [0.717, 1.165) is 24.0 Å². The van der Waals surface area contributed by atoms with Gasteiger partial charge in [0.1, 0.15) is 0 Å². The molecule has 22 heavy (non-hydrogen) atoms. The molecule has 0 aliphatic heterocycles. The fourth-order valence-corrected chi connectivity index (χ4v) is 2.99. The number of fused-ring (bicyclic) bond motifs is 1. The van der Waals surface area contributed by atoms with E-state index in [1.54, 1.807) is 0 Å². The lowest BCUT2D eigenvalue weighted by Crippen LogP contribution is -2.33. The minimum absolute atomic E-state index is 0.132. The highest BCUT2D eigenvalue weighted by Crippen LogP contribution is 2.32. The fraction of sp³-hybridized carbons (Fsp3) is 0.333. The fourth-order valence-electron chi connectivity index (χ4n) is 2.99. The van der Waals surface area contributed by atoms with Crippen molar-refractivity contribution in [3.63, 3.8) is 0 Å². The maximum atomic E-state index is 4.32. The molecule has 0 saturated heterocycles.